The van der Waals surface area contributed by atoms with Gasteiger partial charge in [0.25, 0.3) is 0 Å². The maximum absolute atomic E-state index is 12.4. The molecule has 0 aliphatic heterocycles. The van der Waals surface area contributed by atoms with Crippen LogP contribution in [-0.2, 0) is 16.0 Å². The van der Waals surface area contributed by atoms with Gasteiger partial charge in [0.15, 0.2) is 12.2 Å². The van der Waals surface area contributed by atoms with Crippen molar-refractivity contribution in [3.63, 3.8) is 0 Å². The third kappa shape index (κ3) is 5.49. The third-order valence-electron chi connectivity index (χ3n) is 5.05. The van der Waals surface area contributed by atoms with Gasteiger partial charge < -0.3 is 24.9 Å². The summed E-state index contributed by atoms with van der Waals surface area (Å²) in [4.78, 5) is 28.6. The summed E-state index contributed by atoms with van der Waals surface area (Å²) >= 11 is 0. The lowest BCUT2D eigenvalue weighted by Crippen LogP contribution is -2.52. The molecule has 0 fully saturated rings. The van der Waals surface area contributed by atoms with Crippen LogP contribution in [-0.4, -0.2) is 40.7 Å². The SMILES string of the molecule is COc1cc(NC(=O)C(=O)NC(C)C(C)(O)Cc2ccccc2)ccc1-c1cnco1. The Bertz CT molecular complexity index is 1030. The van der Waals surface area contributed by atoms with Crippen molar-refractivity contribution in [1.29, 1.82) is 0 Å². The Kier molecular flexibility index (Phi) is 6.71. The van der Waals surface area contributed by atoms with Gasteiger partial charge in [0.2, 0.25) is 0 Å². The molecule has 2 atom stereocenters. The van der Waals surface area contributed by atoms with Crippen molar-refractivity contribution in [3.8, 4) is 17.1 Å². The van der Waals surface area contributed by atoms with E-state index in [1.807, 2.05) is 30.3 Å². The Hall–Kier alpha value is -3.65. The zero-order chi connectivity index (χ0) is 22.4. The van der Waals surface area contributed by atoms with Gasteiger partial charge in [-0.3, -0.25) is 9.59 Å². The van der Waals surface area contributed by atoms with Gasteiger partial charge in [0.05, 0.1) is 30.5 Å². The smallest absolute Gasteiger partial charge is 0.313 e. The van der Waals surface area contributed by atoms with Crippen LogP contribution < -0.4 is 15.4 Å². The lowest BCUT2D eigenvalue weighted by Gasteiger charge is -2.31. The molecule has 0 aliphatic carbocycles. The summed E-state index contributed by atoms with van der Waals surface area (Å²) in [5.41, 5.74) is 0.730. The fourth-order valence-corrected chi connectivity index (χ4v) is 3.09. The number of methoxy groups -OCH3 is 1. The van der Waals surface area contributed by atoms with Gasteiger partial charge in [-0.1, -0.05) is 30.3 Å². The van der Waals surface area contributed by atoms with E-state index in [0.29, 0.717) is 29.2 Å². The number of carbonyl (C=O) groups excluding carboxylic acids is 2. The molecule has 3 N–H and O–H groups in total. The first-order valence-electron chi connectivity index (χ1n) is 9.75. The predicted octanol–water partition coefficient (Wildman–Crippen LogP) is 2.79. The highest BCUT2D eigenvalue weighted by Crippen LogP contribution is 2.32. The van der Waals surface area contributed by atoms with E-state index in [9.17, 15) is 14.7 Å². The van der Waals surface area contributed by atoms with Gasteiger partial charge in [-0.15, -0.1) is 0 Å². The average Bonchev–Trinajstić information content (AvgIpc) is 3.28. The molecule has 0 bridgehead atoms. The lowest BCUT2D eigenvalue weighted by atomic mass is 9.90. The van der Waals surface area contributed by atoms with Crippen molar-refractivity contribution in [2.75, 3.05) is 12.4 Å². The predicted molar refractivity (Wildman–Crippen MR) is 115 cm³/mol. The van der Waals surface area contributed by atoms with Crippen LogP contribution in [0.1, 0.15) is 19.4 Å². The summed E-state index contributed by atoms with van der Waals surface area (Å²) in [5.74, 6) is -0.730. The first-order chi connectivity index (χ1) is 14.8. The zero-order valence-electron chi connectivity index (χ0n) is 17.6. The number of anilines is 1. The van der Waals surface area contributed by atoms with Crippen LogP contribution in [0.25, 0.3) is 11.3 Å². The number of nitrogens with zero attached hydrogens (tertiary/aromatic N) is 1. The van der Waals surface area contributed by atoms with Crippen molar-refractivity contribution in [2.45, 2.75) is 31.9 Å². The summed E-state index contributed by atoms with van der Waals surface area (Å²) in [6.45, 7) is 3.28. The minimum absolute atomic E-state index is 0.331. The van der Waals surface area contributed by atoms with Crippen LogP contribution in [0.5, 0.6) is 5.75 Å². The van der Waals surface area contributed by atoms with E-state index in [0.717, 1.165) is 5.56 Å². The maximum atomic E-state index is 12.4. The van der Waals surface area contributed by atoms with Crippen LogP contribution in [0.15, 0.2) is 65.5 Å². The second kappa shape index (κ2) is 9.44. The Morgan fingerprint density at radius 1 is 1.19 bits per heavy atom. The van der Waals surface area contributed by atoms with Crippen molar-refractivity contribution >= 4 is 17.5 Å². The molecule has 3 aromatic rings. The van der Waals surface area contributed by atoms with Gasteiger partial charge in [-0.25, -0.2) is 4.98 Å². The highest BCUT2D eigenvalue weighted by atomic mass is 16.5. The Morgan fingerprint density at radius 3 is 2.58 bits per heavy atom. The summed E-state index contributed by atoms with van der Waals surface area (Å²) in [5, 5.41) is 15.9. The topological polar surface area (TPSA) is 114 Å². The van der Waals surface area contributed by atoms with Gasteiger partial charge in [0, 0.05) is 18.2 Å². The summed E-state index contributed by atoms with van der Waals surface area (Å²) in [7, 11) is 1.49. The minimum Gasteiger partial charge on any atom is -0.496 e. The molecule has 0 aliphatic rings. The number of amides is 2. The maximum Gasteiger partial charge on any atom is 0.313 e. The molecule has 2 aromatic carbocycles. The quantitative estimate of drug-likeness (QED) is 0.504. The molecule has 1 aromatic heterocycles. The second-order valence-electron chi connectivity index (χ2n) is 7.45. The number of aromatic nitrogens is 1. The first-order valence-corrected chi connectivity index (χ1v) is 9.75. The van der Waals surface area contributed by atoms with E-state index in [2.05, 4.69) is 15.6 Å². The van der Waals surface area contributed by atoms with Crippen LogP contribution >= 0.6 is 0 Å². The molecule has 2 amide bonds. The molecule has 8 nitrogen and oxygen atoms in total. The van der Waals surface area contributed by atoms with E-state index in [4.69, 9.17) is 9.15 Å². The number of ether oxygens (including phenoxy) is 1. The van der Waals surface area contributed by atoms with Gasteiger partial charge in [0.1, 0.15) is 5.75 Å². The highest BCUT2D eigenvalue weighted by Gasteiger charge is 2.31. The molecule has 8 heteroatoms. The number of rotatable bonds is 7. The largest absolute Gasteiger partial charge is 0.496 e. The molecule has 1 heterocycles. The molecule has 0 spiro atoms. The number of hydrogen-bond acceptors (Lipinski definition) is 6. The lowest BCUT2D eigenvalue weighted by molar-refractivity contribution is -0.137. The number of nitrogens with one attached hydrogen (secondary N) is 2. The molecule has 31 heavy (non-hydrogen) atoms. The zero-order valence-corrected chi connectivity index (χ0v) is 17.6. The molecule has 2 unspecified atom stereocenters. The second-order valence-corrected chi connectivity index (χ2v) is 7.45. The molecule has 162 valence electrons. The number of oxazole rings is 1. The standard InChI is InChI=1S/C23H25N3O5/c1-15(23(2,29)12-16-7-5-4-6-8-16)25-21(27)22(28)26-17-9-10-18(19(11-17)30-3)20-13-24-14-31-20/h4-11,13-15,29H,12H2,1-3H3,(H,25,27)(H,26,28). The average molecular weight is 423 g/mol. The number of benzene rings is 2. The fraction of sp³-hybridized carbons (Fsp3) is 0.261. The van der Waals surface area contributed by atoms with Gasteiger partial charge in [-0.2, -0.15) is 0 Å². The normalized spacial score (nSPS) is 13.7. The van der Waals surface area contributed by atoms with Crippen molar-refractivity contribution in [2.24, 2.45) is 0 Å². The Morgan fingerprint density at radius 2 is 1.94 bits per heavy atom. The number of hydrogen-bond donors (Lipinski definition) is 3. The first kappa shape index (κ1) is 22.0. The highest BCUT2D eigenvalue weighted by molar-refractivity contribution is 6.39. The van der Waals surface area contributed by atoms with E-state index in [1.165, 1.54) is 13.5 Å². The molecule has 0 saturated carbocycles. The Labute approximate surface area is 180 Å². The molecule has 3 rings (SSSR count). The van der Waals surface area contributed by atoms with Crippen LogP contribution in [0.4, 0.5) is 5.69 Å². The van der Waals surface area contributed by atoms with Crippen molar-refractivity contribution in [3.05, 3.63) is 66.7 Å². The summed E-state index contributed by atoms with van der Waals surface area (Å²) < 4.78 is 10.6. The summed E-state index contributed by atoms with van der Waals surface area (Å²) in [6, 6.07) is 13.7. The monoisotopic (exact) mass is 423 g/mol. The number of carbonyl (C=O) groups is 2. The third-order valence-corrected chi connectivity index (χ3v) is 5.05. The van der Waals surface area contributed by atoms with Crippen molar-refractivity contribution in [1.82, 2.24) is 10.3 Å². The van der Waals surface area contributed by atoms with E-state index < -0.39 is 23.5 Å². The van der Waals surface area contributed by atoms with Crippen LogP contribution in [0.2, 0.25) is 0 Å². The van der Waals surface area contributed by atoms with Crippen molar-refractivity contribution < 1.29 is 23.8 Å². The van der Waals surface area contributed by atoms with Gasteiger partial charge in [-0.05, 0) is 31.5 Å². The molecule has 0 radical (unpaired) electrons. The number of aliphatic hydroxyl groups is 1. The van der Waals surface area contributed by atoms with Crippen LogP contribution in [0, 0.1) is 0 Å². The van der Waals surface area contributed by atoms with E-state index in [-0.39, 0.29) is 0 Å². The molecular weight excluding hydrogens is 398 g/mol. The fourth-order valence-electron chi connectivity index (χ4n) is 3.09. The van der Waals surface area contributed by atoms with Crippen LogP contribution in [0.3, 0.4) is 0 Å². The van der Waals surface area contributed by atoms with E-state index in [1.54, 1.807) is 38.2 Å². The molecule has 0 saturated heterocycles. The van der Waals surface area contributed by atoms with E-state index >= 15 is 0 Å². The molecular formula is C23H25N3O5. The summed E-state index contributed by atoms with van der Waals surface area (Å²) in [6.07, 6.45) is 3.19. The minimum atomic E-state index is -1.24. The van der Waals surface area contributed by atoms with Gasteiger partial charge >= 0.3 is 11.8 Å². The Balaban J connectivity index is 1.63.